The number of para-hydroxylation sites is 1. The maximum atomic E-state index is 6.21. The second kappa shape index (κ2) is 3.54. The van der Waals surface area contributed by atoms with E-state index in [0.29, 0.717) is 0 Å². The van der Waals surface area contributed by atoms with Crippen molar-refractivity contribution in [2.45, 2.75) is 10.4 Å². The number of halogens is 1. The summed E-state index contributed by atoms with van der Waals surface area (Å²) in [7, 11) is 3.90. The van der Waals surface area contributed by atoms with E-state index in [9.17, 15) is 0 Å². The molecule has 1 aromatic heterocycles. The third-order valence-electron chi connectivity index (χ3n) is 3.23. The lowest BCUT2D eigenvalue weighted by molar-refractivity contribution is 0.821. The average molecular weight is 347 g/mol. The summed E-state index contributed by atoms with van der Waals surface area (Å²) in [5.74, 6) is 1.29. The summed E-state index contributed by atoms with van der Waals surface area (Å²) in [6.07, 6.45) is 0. The minimum Gasteiger partial charge on any atom is -0.336 e. The van der Waals surface area contributed by atoms with Crippen LogP contribution >= 0.6 is 29.3 Å². The number of fused-ring (bicyclic) bond motifs is 3. The summed E-state index contributed by atoms with van der Waals surface area (Å²) in [6, 6.07) is 8.57. The lowest BCUT2D eigenvalue weighted by Gasteiger charge is -2.22. The van der Waals surface area contributed by atoms with Crippen LogP contribution in [0.2, 0.25) is 0 Å². The van der Waals surface area contributed by atoms with Gasteiger partial charge < -0.3 is 15.2 Å². The molecule has 1 aromatic carbocycles. The molecule has 0 spiro atoms. The van der Waals surface area contributed by atoms with E-state index in [1.807, 2.05) is 0 Å². The van der Waals surface area contributed by atoms with E-state index in [4.69, 9.17) is 5.73 Å². The number of aromatic nitrogens is 1. The third-order valence-corrected chi connectivity index (χ3v) is 8.07. The molecule has 0 saturated heterocycles. The molecule has 0 saturated carbocycles. The van der Waals surface area contributed by atoms with Crippen molar-refractivity contribution >= 4 is 46.0 Å². The fourth-order valence-electron chi connectivity index (χ4n) is 2.38. The second-order valence-corrected chi connectivity index (χ2v) is 8.80. The molecule has 5 heteroatoms. The van der Waals surface area contributed by atoms with Gasteiger partial charge in [-0.25, -0.2) is 0 Å². The summed E-state index contributed by atoms with van der Waals surface area (Å²) < 4.78 is 2.26. The predicted molar refractivity (Wildman–Crippen MR) is 80.6 cm³/mol. The Kier molecular flexibility index (Phi) is 2.38. The molecule has 1 aliphatic heterocycles. The van der Waals surface area contributed by atoms with Gasteiger partial charge in [0.2, 0.25) is 0 Å². The van der Waals surface area contributed by atoms with Crippen molar-refractivity contribution in [2.75, 3.05) is 11.9 Å². The third kappa shape index (κ3) is 1.19. The van der Waals surface area contributed by atoms with Crippen LogP contribution in [0.15, 0.2) is 29.2 Å². The van der Waals surface area contributed by atoms with Crippen LogP contribution in [0.1, 0.15) is 0 Å². The smallest absolute Gasteiger partial charge is 0.124 e. The van der Waals surface area contributed by atoms with E-state index in [1.165, 1.54) is 21.6 Å². The van der Waals surface area contributed by atoms with Crippen LogP contribution in [0, 0.1) is 0 Å². The first kappa shape index (κ1) is 10.7. The summed E-state index contributed by atoms with van der Waals surface area (Å²) in [5.41, 5.74) is 7.66. The SMILES string of the molecule is CN1c2c(c3ccccc3n2C)[SH](I)C1N. The molecule has 86 valence electrons. The first-order chi connectivity index (χ1) is 7.63. The zero-order chi connectivity index (χ0) is 11.4. The van der Waals surface area contributed by atoms with Gasteiger partial charge in [0.25, 0.3) is 0 Å². The van der Waals surface area contributed by atoms with Crippen molar-refractivity contribution in [1.29, 1.82) is 0 Å². The molecule has 2 heterocycles. The molecule has 0 bridgehead atoms. The first-order valence-electron chi connectivity index (χ1n) is 5.13. The normalized spacial score (nSPS) is 26.4. The van der Waals surface area contributed by atoms with Crippen molar-refractivity contribution in [1.82, 2.24) is 4.57 Å². The largest absolute Gasteiger partial charge is 0.336 e. The Bertz CT molecular complexity index is 566. The summed E-state index contributed by atoms with van der Waals surface area (Å²) in [6.45, 7) is 0. The lowest BCUT2D eigenvalue weighted by Crippen LogP contribution is -2.34. The second-order valence-electron chi connectivity index (χ2n) is 4.08. The molecule has 3 nitrogen and oxygen atoms in total. The molecule has 2 N–H and O–H groups in total. The zero-order valence-electron chi connectivity index (χ0n) is 9.18. The fourth-order valence-corrected chi connectivity index (χ4v) is 6.53. The van der Waals surface area contributed by atoms with Gasteiger partial charge in [0.15, 0.2) is 0 Å². The van der Waals surface area contributed by atoms with Crippen LogP contribution in [-0.2, 0) is 7.05 Å². The topological polar surface area (TPSA) is 34.2 Å². The Morgan fingerprint density at radius 1 is 1.31 bits per heavy atom. The molecule has 0 radical (unpaired) electrons. The molecular weight excluding hydrogens is 333 g/mol. The molecule has 0 fully saturated rings. The highest BCUT2D eigenvalue weighted by Gasteiger charge is 2.34. The molecule has 0 aliphatic carbocycles. The van der Waals surface area contributed by atoms with Crippen molar-refractivity contribution in [2.24, 2.45) is 12.8 Å². The van der Waals surface area contributed by atoms with Crippen molar-refractivity contribution in [3.05, 3.63) is 24.3 Å². The van der Waals surface area contributed by atoms with Crippen LogP contribution in [0.5, 0.6) is 0 Å². The Labute approximate surface area is 110 Å². The molecule has 3 rings (SSSR count). The van der Waals surface area contributed by atoms with Crippen molar-refractivity contribution < 1.29 is 0 Å². The molecular formula is C11H14IN3S. The van der Waals surface area contributed by atoms with Gasteiger partial charge >= 0.3 is 0 Å². The van der Waals surface area contributed by atoms with E-state index in [0.717, 1.165) is 0 Å². The van der Waals surface area contributed by atoms with Crippen LogP contribution in [0.25, 0.3) is 10.9 Å². The first-order valence-corrected chi connectivity index (χ1v) is 9.33. The Morgan fingerprint density at radius 3 is 2.75 bits per heavy atom. The molecule has 2 unspecified atom stereocenters. The van der Waals surface area contributed by atoms with Gasteiger partial charge in [0.1, 0.15) is 11.3 Å². The fraction of sp³-hybridized carbons (Fsp3) is 0.273. The minimum atomic E-state index is -0.308. The van der Waals surface area contributed by atoms with E-state index >= 15 is 0 Å². The highest BCUT2D eigenvalue weighted by Crippen LogP contribution is 2.60. The number of thiol groups is 1. The van der Waals surface area contributed by atoms with Crippen LogP contribution in [-0.4, -0.2) is 17.1 Å². The number of benzene rings is 1. The average Bonchev–Trinajstić information content (AvgIpc) is 2.71. The monoisotopic (exact) mass is 347 g/mol. The van der Waals surface area contributed by atoms with Gasteiger partial charge in [-0.3, -0.25) is 0 Å². The van der Waals surface area contributed by atoms with E-state index in [-0.39, 0.29) is 13.6 Å². The van der Waals surface area contributed by atoms with Gasteiger partial charge in [-0.2, -0.15) is 0 Å². The number of hydrogen-bond donors (Lipinski definition) is 2. The summed E-state index contributed by atoms with van der Waals surface area (Å²) in [5, 5.41) is 1.36. The molecule has 16 heavy (non-hydrogen) atoms. The maximum Gasteiger partial charge on any atom is 0.124 e. The Hall–Kier alpha value is -0.400. The van der Waals surface area contributed by atoms with E-state index in [2.05, 4.69) is 69.0 Å². The Morgan fingerprint density at radius 2 is 2.00 bits per heavy atom. The highest BCUT2D eigenvalue weighted by molar-refractivity contribution is 14.2. The van der Waals surface area contributed by atoms with Gasteiger partial charge in [-0.1, -0.05) is 18.2 Å². The van der Waals surface area contributed by atoms with Gasteiger partial charge in [0.05, 0.1) is 5.52 Å². The van der Waals surface area contributed by atoms with E-state index in [1.54, 1.807) is 0 Å². The number of nitrogens with two attached hydrogens (primary N) is 1. The Balaban J connectivity index is 2.41. The molecule has 2 aromatic rings. The van der Waals surface area contributed by atoms with E-state index < -0.39 is 0 Å². The van der Waals surface area contributed by atoms with Crippen LogP contribution in [0.3, 0.4) is 0 Å². The van der Waals surface area contributed by atoms with Crippen LogP contribution in [0.4, 0.5) is 5.82 Å². The molecule has 0 amide bonds. The molecule has 1 aliphatic rings. The number of rotatable bonds is 0. The van der Waals surface area contributed by atoms with Gasteiger partial charge in [0, 0.05) is 24.4 Å². The van der Waals surface area contributed by atoms with Crippen molar-refractivity contribution in [3.63, 3.8) is 0 Å². The number of hydrogen-bond acceptors (Lipinski definition) is 2. The minimum absolute atomic E-state index is 0.149. The number of anilines is 1. The van der Waals surface area contributed by atoms with Crippen molar-refractivity contribution in [3.8, 4) is 0 Å². The number of aryl methyl sites for hydroxylation is 1. The highest BCUT2D eigenvalue weighted by atomic mass is 127. The standard InChI is InChI=1S/C11H14IN3S/c1-14-8-6-4-3-5-7(8)9-10(14)15(2)11(13)16(9)12/h3-6,11,16H,13H2,1-2H3. The lowest BCUT2D eigenvalue weighted by atomic mass is 10.2. The summed E-state index contributed by atoms with van der Waals surface area (Å²) in [4.78, 5) is 3.65. The maximum absolute atomic E-state index is 6.21. The number of nitrogens with zero attached hydrogens (tertiary/aromatic N) is 2. The zero-order valence-corrected chi connectivity index (χ0v) is 12.2. The summed E-state index contributed by atoms with van der Waals surface area (Å²) >= 11 is 2.51. The van der Waals surface area contributed by atoms with Gasteiger partial charge in [-0.15, -0.1) is 8.07 Å². The van der Waals surface area contributed by atoms with Crippen LogP contribution < -0.4 is 10.6 Å². The quantitative estimate of drug-likeness (QED) is 0.568. The van der Waals surface area contributed by atoms with Gasteiger partial charge in [-0.05, 0) is 27.3 Å². The predicted octanol–water partition coefficient (Wildman–Crippen LogP) is 2.58. The molecule has 2 atom stereocenters.